The number of rotatable bonds is 10. The average molecular weight is 422 g/mol. The lowest BCUT2D eigenvalue weighted by molar-refractivity contribution is -0.122. The van der Waals surface area contributed by atoms with Crippen molar-refractivity contribution in [2.75, 3.05) is 31.0 Å². The Hall–Kier alpha value is -2.03. The minimum atomic E-state index is -3.76. The number of sulfonamides is 1. The Morgan fingerprint density at radius 2 is 1.71 bits per heavy atom. The van der Waals surface area contributed by atoms with Crippen LogP contribution >= 0.6 is 11.8 Å². The second-order valence-corrected chi connectivity index (χ2v) is 9.25. The van der Waals surface area contributed by atoms with Crippen molar-refractivity contribution < 1.29 is 13.2 Å². The zero-order valence-corrected chi connectivity index (χ0v) is 18.0. The summed E-state index contributed by atoms with van der Waals surface area (Å²) >= 11 is 1.57. The molecule has 6 nitrogen and oxygen atoms in total. The molecule has 0 aliphatic heterocycles. The highest BCUT2D eigenvalue weighted by Crippen LogP contribution is 2.13. The minimum Gasteiger partial charge on any atom is -0.378 e. The number of carbonyl (C=O) groups excluding carboxylic acids is 1. The molecule has 0 aromatic heterocycles. The van der Waals surface area contributed by atoms with Gasteiger partial charge in [-0.05, 0) is 48.3 Å². The molecule has 1 atom stereocenters. The number of amides is 1. The number of hydrogen-bond acceptors (Lipinski definition) is 5. The fraction of sp³-hybridized carbons (Fsp3) is 0.350. The van der Waals surface area contributed by atoms with Crippen LogP contribution in [0.2, 0.25) is 0 Å². The van der Waals surface area contributed by atoms with E-state index in [1.54, 1.807) is 30.0 Å². The summed E-state index contributed by atoms with van der Waals surface area (Å²) in [6.07, 6.45) is 2.34. The van der Waals surface area contributed by atoms with E-state index >= 15 is 0 Å². The van der Waals surface area contributed by atoms with Crippen LogP contribution in [0.4, 0.5) is 5.69 Å². The topological polar surface area (TPSA) is 78.5 Å². The third-order valence-electron chi connectivity index (χ3n) is 4.20. The van der Waals surface area contributed by atoms with Crippen molar-refractivity contribution in [3.63, 3.8) is 0 Å². The summed E-state index contributed by atoms with van der Waals surface area (Å²) in [6, 6.07) is 15.1. The lowest BCUT2D eigenvalue weighted by atomic mass is 10.2. The van der Waals surface area contributed by atoms with Crippen molar-refractivity contribution in [2.45, 2.75) is 23.9 Å². The Kier molecular flexibility index (Phi) is 8.35. The van der Waals surface area contributed by atoms with E-state index in [0.717, 1.165) is 11.3 Å². The highest BCUT2D eigenvalue weighted by Gasteiger charge is 2.25. The Morgan fingerprint density at radius 3 is 2.29 bits per heavy atom. The zero-order valence-electron chi connectivity index (χ0n) is 16.4. The van der Waals surface area contributed by atoms with Gasteiger partial charge in [-0.1, -0.05) is 30.3 Å². The van der Waals surface area contributed by atoms with E-state index < -0.39 is 16.1 Å². The Balaban J connectivity index is 2.04. The van der Waals surface area contributed by atoms with Crippen LogP contribution in [-0.4, -0.2) is 46.5 Å². The number of nitrogens with one attached hydrogen (secondary N) is 2. The molecule has 1 amide bonds. The Bertz CT molecular complexity index is 854. The SMILES string of the molecule is CSCC[C@H](NS(=O)(=O)c1ccccc1)C(=O)NCc1ccc(N(C)C)cc1. The molecule has 2 N–H and O–H groups in total. The van der Waals surface area contributed by atoms with E-state index in [4.69, 9.17) is 0 Å². The number of carbonyl (C=O) groups is 1. The third kappa shape index (κ3) is 6.54. The molecule has 152 valence electrons. The van der Waals surface area contributed by atoms with E-state index in [9.17, 15) is 13.2 Å². The fourth-order valence-corrected chi connectivity index (χ4v) is 4.28. The van der Waals surface area contributed by atoms with Crippen LogP contribution in [0.1, 0.15) is 12.0 Å². The summed E-state index contributed by atoms with van der Waals surface area (Å²) in [6.45, 7) is 0.343. The molecule has 0 spiro atoms. The number of benzene rings is 2. The van der Waals surface area contributed by atoms with E-state index in [2.05, 4.69) is 10.0 Å². The number of nitrogens with zero attached hydrogens (tertiary/aromatic N) is 1. The maximum atomic E-state index is 12.7. The van der Waals surface area contributed by atoms with Crippen molar-refractivity contribution in [3.8, 4) is 0 Å². The van der Waals surface area contributed by atoms with Crippen molar-refractivity contribution in [1.29, 1.82) is 0 Å². The van der Waals surface area contributed by atoms with Gasteiger partial charge in [-0.2, -0.15) is 16.5 Å². The smallest absolute Gasteiger partial charge is 0.241 e. The van der Waals surface area contributed by atoms with Crippen molar-refractivity contribution in [2.24, 2.45) is 0 Å². The van der Waals surface area contributed by atoms with Crippen LogP contribution in [0, 0.1) is 0 Å². The summed E-state index contributed by atoms with van der Waals surface area (Å²) in [5.41, 5.74) is 2.03. The first-order valence-corrected chi connectivity index (χ1v) is 11.8. The molecule has 0 aliphatic carbocycles. The lowest BCUT2D eigenvalue weighted by Gasteiger charge is -2.18. The van der Waals surface area contributed by atoms with Crippen LogP contribution in [0.5, 0.6) is 0 Å². The van der Waals surface area contributed by atoms with Gasteiger partial charge < -0.3 is 10.2 Å². The van der Waals surface area contributed by atoms with Gasteiger partial charge in [0.2, 0.25) is 15.9 Å². The number of hydrogen-bond donors (Lipinski definition) is 2. The zero-order chi connectivity index (χ0) is 20.6. The molecule has 2 aromatic carbocycles. The summed E-state index contributed by atoms with van der Waals surface area (Å²) < 4.78 is 27.7. The molecular weight excluding hydrogens is 394 g/mol. The summed E-state index contributed by atoms with van der Waals surface area (Å²) in [4.78, 5) is 14.8. The maximum absolute atomic E-state index is 12.7. The first-order chi connectivity index (χ1) is 13.3. The van der Waals surface area contributed by atoms with Gasteiger partial charge in [-0.25, -0.2) is 8.42 Å². The molecule has 0 saturated heterocycles. The first kappa shape index (κ1) is 22.3. The normalized spacial score (nSPS) is 12.4. The first-order valence-electron chi connectivity index (χ1n) is 8.94. The van der Waals surface area contributed by atoms with Crippen LogP contribution < -0.4 is 14.9 Å². The molecule has 0 radical (unpaired) electrons. The minimum absolute atomic E-state index is 0.149. The lowest BCUT2D eigenvalue weighted by Crippen LogP contribution is -2.46. The molecule has 8 heteroatoms. The second kappa shape index (κ2) is 10.5. The monoisotopic (exact) mass is 421 g/mol. The quantitative estimate of drug-likeness (QED) is 0.616. The van der Waals surface area contributed by atoms with E-state index in [1.165, 1.54) is 12.1 Å². The molecule has 0 saturated carbocycles. The van der Waals surface area contributed by atoms with E-state index in [1.807, 2.05) is 49.5 Å². The highest BCUT2D eigenvalue weighted by molar-refractivity contribution is 7.98. The van der Waals surface area contributed by atoms with Crippen LogP contribution in [0.3, 0.4) is 0 Å². The fourth-order valence-electron chi connectivity index (χ4n) is 2.56. The van der Waals surface area contributed by atoms with Gasteiger partial charge in [-0.15, -0.1) is 0 Å². The molecule has 28 heavy (non-hydrogen) atoms. The van der Waals surface area contributed by atoms with Gasteiger partial charge in [0.25, 0.3) is 0 Å². The van der Waals surface area contributed by atoms with Crippen LogP contribution in [0.15, 0.2) is 59.5 Å². The largest absolute Gasteiger partial charge is 0.378 e. The Labute approximate surface area is 171 Å². The predicted molar refractivity (Wildman–Crippen MR) is 116 cm³/mol. The molecular formula is C20H27N3O3S2. The molecule has 0 bridgehead atoms. The molecule has 0 fully saturated rings. The standard InChI is InChI=1S/C20H27N3O3S2/c1-23(2)17-11-9-16(10-12-17)15-21-20(24)19(13-14-27-3)22-28(25,26)18-7-5-4-6-8-18/h4-12,19,22H,13-15H2,1-3H3,(H,21,24)/t19-/m0/s1. The van der Waals surface area contributed by atoms with E-state index in [0.29, 0.717) is 18.7 Å². The van der Waals surface area contributed by atoms with Gasteiger partial charge >= 0.3 is 0 Å². The number of thioether (sulfide) groups is 1. The summed E-state index contributed by atoms with van der Waals surface area (Å²) in [5, 5.41) is 2.84. The molecule has 0 heterocycles. The molecule has 2 rings (SSSR count). The van der Waals surface area contributed by atoms with Gasteiger partial charge in [0.05, 0.1) is 4.90 Å². The van der Waals surface area contributed by atoms with Gasteiger partial charge in [-0.3, -0.25) is 4.79 Å². The molecule has 0 unspecified atom stereocenters. The highest BCUT2D eigenvalue weighted by atomic mass is 32.2. The average Bonchev–Trinajstić information content (AvgIpc) is 2.70. The van der Waals surface area contributed by atoms with Crippen molar-refractivity contribution >= 4 is 33.4 Å². The summed E-state index contributed by atoms with van der Waals surface area (Å²) in [5.74, 6) is 0.345. The van der Waals surface area contributed by atoms with Crippen molar-refractivity contribution in [3.05, 3.63) is 60.2 Å². The second-order valence-electron chi connectivity index (χ2n) is 6.55. The number of anilines is 1. The molecule has 2 aromatic rings. The van der Waals surface area contributed by atoms with Gasteiger partial charge in [0.15, 0.2) is 0 Å². The third-order valence-corrected chi connectivity index (χ3v) is 6.33. The van der Waals surface area contributed by atoms with Crippen molar-refractivity contribution in [1.82, 2.24) is 10.0 Å². The van der Waals surface area contributed by atoms with E-state index in [-0.39, 0.29) is 10.8 Å². The van der Waals surface area contributed by atoms with Gasteiger partial charge in [0, 0.05) is 26.3 Å². The van der Waals surface area contributed by atoms with Crippen LogP contribution in [-0.2, 0) is 21.4 Å². The maximum Gasteiger partial charge on any atom is 0.241 e. The predicted octanol–water partition coefficient (Wildman–Crippen LogP) is 2.47. The summed E-state index contributed by atoms with van der Waals surface area (Å²) in [7, 11) is 0.170. The Morgan fingerprint density at radius 1 is 1.07 bits per heavy atom. The van der Waals surface area contributed by atoms with Crippen LogP contribution in [0.25, 0.3) is 0 Å². The van der Waals surface area contributed by atoms with Gasteiger partial charge in [0.1, 0.15) is 6.04 Å². The molecule has 0 aliphatic rings.